The Morgan fingerprint density at radius 3 is 2.17 bits per heavy atom. The van der Waals surface area contributed by atoms with Crippen LogP contribution in [0.25, 0.3) is 11.0 Å². The van der Waals surface area contributed by atoms with Crippen molar-refractivity contribution in [2.75, 3.05) is 18.2 Å². The summed E-state index contributed by atoms with van der Waals surface area (Å²) in [6.07, 6.45) is 19.5. The van der Waals surface area contributed by atoms with Gasteiger partial charge in [0.05, 0.1) is 11.0 Å². The zero-order chi connectivity index (χ0) is 27.6. The molecule has 216 valence electrons. The van der Waals surface area contributed by atoms with E-state index < -0.39 is 0 Å². The van der Waals surface area contributed by atoms with E-state index in [1.165, 1.54) is 89.0 Å². The van der Waals surface area contributed by atoms with Gasteiger partial charge in [0, 0.05) is 37.2 Å². The minimum absolute atomic E-state index is 0.0805. The van der Waals surface area contributed by atoms with Gasteiger partial charge in [-0.05, 0) is 30.7 Å². The molecular formula is C34H47N3O3. The fraction of sp³-hybridized carbons (Fsp3) is 0.588. The van der Waals surface area contributed by atoms with Crippen molar-refractivity contribution in [3.63, 3.8) is 0 Å². The van der Waals surface area contributed by atoms with Crippen molar-refractivity contribution in [2.45, 2.75) is 116 Å². The fourth-order valence-electron chi connectivity index (χ4n) is 6.29. The second-order valence-electron chi connectivity index (χ2n) is 11.6. The number of aryl methyl sites for hydroxylation is 1. The summed E-state index contributed by atoms with van der Waals surface area (Å²) in [6, 6.07) is 14.2. The third-order valence-electron chi connectivity index (χ3n) is 8.58. The lowest BCUT2D eigenvalue weighted by Gasteiger charge is -2.18. The number of aromatic nitrogens is 2. The smallest absolute Gasteiger partial charge is 0.231 e. The molecule has 1 fully saturated rings. The molecule has 3 heterocycles. The van der Waals surface area contributed by atoms with Crippen molar-refractivity contribution in [2.24, 2.45) is 0 Å². The summed E-state index contributed by atoms with van der Waals surface area (Å²) in [6.45, 7) is 4.12. The van der Waals surface area contributed by atoms with Gasteiger partial charge in [-0.1, -0.05) is 103 Å². The first-order chi connectivity index (χ1) is 19.7. The van der Waals surface area contributed by atoms with Crippen LogP contribution < -0.4 is 14.4 Å². The van der Waals surface area contributed by atoms with E-state index in [0.29, 0.717) is 18.7 Å². The van der Waals surface area contributed by atoms with Crippen LogP contribution in [0, 0.1) is 0 Å². The summed E-state index contributed by atoms with van der Waals surface area (Å²) in [4.78, 5) is 20.0. The number of amides is 1. The minimum atomic E-state index is 0.0805. The Morgan fingerprint density at radius 1 is 0.800 bits per heavy atom. The maximum Gasteiger partial charge on any atom is 0.231 e. The van der Waals surface area contributed by atoms with E-state index in [1.54, 1.807) is 0 Å². The number of benzene rings is 2. The molecule has 0 bridgehead atoms. The maximum atomic E-state index is 13.1. The zero-order valence-electron chi connectivity index (χ0n) is 24.4. The number of carbonyl (C=O) groups excluding carboxylic acids is 1. The molecular weight excluding hydrogens is 498 g/mol. The number of fused-ring (bicyclic) bond motifs is 2. The molecule has 2 aliphatic rings. The van der Waals surface area contributed by atoms with E-state index in [0.717, 1.165) is 35.7 Å². The fourth-order valence-corrected chi connectivity index (χ4v) is 6.29. The lowest BCUT2D eigenvalue weighted by molar-refractivity contribution is -0.117. The average molecular weight is 546 g/mol. The molecule has 6 nitrogen and oxygen atoms in total. The highest BCUT2D eigenvalue weighted by Crippen LogP contribution is 2.39. The van der Waals surface area contributed by atoms with Crippen molar-refractivity contribution in [1.29, 1.82) is 0 Å². The van der Waals surface area contributed by atoms with Gasteiger partial charge in [0.25, 0.3) is 0 Å². The first kappa shape index (κ1) is 28.5. The van der Waals surface area contributed by atoms with Crippen molar-refractivity contribution in [3.8, 4) is 11.5 Å². The Balaban J connectivity index is 1.09. The molecule has 1 amide bonds. The number of nitrogens with zero attached hydrogens (tertiary/aromatic N) is 3. The van der Waals surface area contributed by atoms with Crippen LogP contribution in [0.3, 0.4) is 0 Å². The van der Waals surface area contributed by atoms with Crippen molar-refractivity contribution >= 4 is 22.6 Å². The van der Waals surface area contributed by atoms with Crippen molar-refractivity contribution < 1.29 is 14.3 Å². The third-order valence-corrected chi connectivity index (χ3v) is 8.58. The molecule has 1 saturated heterocycles. The second kappa shape index (κ2) is 14.6. The molecule has 5 rings (SSSR count). The lowest BCUT2D eigenvalue weighted by atomic mass is 10.0. The number of rotatable bonds is 17. The van der Waals surface area contributed by atoms with Gasteiger partial charge < -0.3 is 18.9 Å². The summed E-state index contributed by atoms with van der Waals surface area (Å²) in [5.41, 5.74) is 3.07. The molecule has 1 aromatic heterocycles. The zero-order valence-corrected chi connectivity index (χ0v) is 24.4. The average Bonchev–Trinajstić information content (AvgIpc) is 3.69. The number of ether oxygens (including phenoxy) is 2. The van der Waals surface area contributed by atoms with Gasteiger partial charge in [0.1, 0.15) is 5.82 Å². The topological polar surface area (TPSA) is 56.6 Å². The summed E-state index contributed by atoms with van der Waals surface area (Å²) >= 11 is 0. The molecule has 1 atom stereocenters. The highest BCUT2D eigenvalue weighted by atomic mass is 16.7. The highest BCUT2D eigenvalue weighted by Gasteiger charge is 2.35. The van der Waals surface area contributed by atoms with E-state index in [4.69, 9.17) is 14.5 Å². The molecule has 0 aliphatic carbocycles. The van der Waals surface area contributed by atoms with Gasteiger partial charge in [-0.15, -0.1) is 0 Å². The monoisotopic (exact) mass is 545 g/mol. The van der Waals surface area contributed by atoms with Gasteiger partial charge in [-0.25, -0.2) is 4.98 Å². The van der Waals surface area contributed by atoms with Gasteiger partial charge >= 0.3 is 0 Å². The predicted molar refractivity (Wildman–Crippen MR) is 162 cm³/mol. The minimum Gasteiger partial charge on any atom is -0.454 e. The number of hydrogen-bond acceptors (Lipinski definition) is 4. The summed E-state index contributed by atoms with van der Waals surface area (Å²) in [5.74, 6) is 2.71. The van der Waals surface area contributed by atoms with E-state index in [-0.39, 0.29) is 18.6 Å². The van der Waals surface area contributed by atoms with Crippen LogP contribution in [0.4, 0.5) is 5.69 Å². The number of para-hydroxylation sites is 2. The number of hydrogen-bond donors (Lipinski definition) is 0. The molecule has 6 heteroatoms. The number of carbonyl (C=O) groups is 1. The standard InChI is InChI=1S/C34H47N3O3/c1-2-3-4-5-6-7-8-9-10-11-12-13-14-17-22-36-30-19-16-15-18-29(30)35-34(36)27-23-33(38)37(25-27)28-20-21-31-32(24-28)40-26-39-31/h15-16,18-21,24,27H,2-14,17,22-23,25-26H2,1H3. The van der Waals surface area contributed by atoms with Gasteiger partial charge in [0.15, 0.2) is 11.5 Å². The van der Waals surface area contributed by atoms with Crippen LogP contribution in [0.15, 0.2) is 42.5 Å². The molecule has 40 heavy (non-hydrogen) atoms. The van der Waals surface area contributed by atoms with Gasteiger partial charge in [-0.2, -0.15) is 0 Å². The third kappa shape index (κ3) is 7.18. The van der Waals surface area contributed by atoms with Crippen LogP contribution in [-0.4, -0.2) is 28.8 Å². The largest absolute Gasteiger partial charge is 0.454 e. The quantitative estimate of drug-likeness (QED) is 0.159. The van der Waals surface area contributed by atoms with Crippen LogP contribution >= 0.6 is 0 Å². The van der Waals surface area contributed by atoms with Crippen molar-refractivity contribution in [1.82, 2.24) is 9.55 Å². The lowest BCUT2D eigenvalue weighted by Crippen LogP contribution is -2.24. The Labute approximate surface area is 240 Å². The SMILES string of the molecule is CCCCCCCCCCCCCCCCn1c(C2CC(=O)N(c3ccc4c(c3)OCO4)C2)nc2ccccc21. The summed E-state index contributed by atoms with van der Waals surface area (Å²) in [7, 11) is 0. The Morgan fingerprint density at radius 2 is 1.45 bits per heavy atom. The maximum absolute atomic E-state index is 13.1. The van der Waals surface area contributed by atoms with E-state index in [9.17, 15) is 4.79 Å². The molecule has 2 aromatic carbocycles. The number of anilines is 1. The first-order valence-corrected chi connectivity index (χ1v) is 15.9. The van der Waals surface area contributed by atoms with E-state index >= 15 is 0 Å². The number of unbranched alkanes of at least 4 members (excludes halogenated alkanes) is 13. The predicted octanol–water partition coefficient (Wildman–Crippen LogP) is 8.77. The van der Waals surface area contributed by atoms with Crippen LogP contribution in [-0.2, 0) is 11.3 Å². The Bertz CT molecular complexity index is 1240. The molecule has 0 saturated carbocycles. The van der Waals surface area contributed by atoms with Gasteiger partial charge in [-0.3, -0.25) is 4.79 Å². The number of imidazole rings is 1. The normalized spacial score (nSPS) is 16.5. The van der Waals surface area contributed by atoms with Crippen LogP contribution in [0.1, 0.15) is 115 Å². The second-order valence-corrected chi connectivity index (χ2v) is 11.6. The van der Waals surface area contributed by atoms with Crippen LogP contribution in [0.5, 0.6) is 11.5 Å². The Kier molecular flexibility index (Phi) is 10.4. The highest BCUT2D eigenvalue weighted by molar-refractivity contribution is 5.97. The van der Waals surface area contributed by atoms with E-state index in [2.05, 4.69) is 35.8 Å². The van der Waals surface area contributed by atoms with Crippen molar-refractivity contribution in [3.05, 3.63) is 48.3 Å². The summed E-state index contributed by atoms with van der Waals surface area (Å²) < 4.78 is 13.4. The Hall–Kier alpha value is -3.02. The first-order valence-electron chi connectivity index (χ1n) is 15.9. The molecule has 3 aromatic rings. The molecule has 2 aliphatic heterocycles. The molecule has 0 radical (unpaired) electrons. The van der Waals surface area contributed by atoms with E-state index in [1.807, 2.05) is 23.1 Å². The molecule has 1 unspecified atom stereocenters. The summed E-state index contributed by atoms with van der Waals surface area (Å²) in [5, 5.41) is 0. The van der Waals surface area contributed by atoms with Gasteiger partial charge in [0.2, 0.25) is 12.7 Å². The molecule has 0 spiro atoms. The molecule has 0 N–H and O–H groups in total. The van der Waals surface area contributed by atoms with Crippen LogP contribution in [0.2, 0.25) is 0 Å².